The second-order valence-electron chi connectivity index (χ2n) is 8.08. The van der Waals surface area contributed by atoms with Crippen molar-refractivity contribution < 1.29 is 31.5 Å². The summed E-state index contributed by atoms with van der Waals surface area (Å²) in [6.07, 6.45) is -3.10. The minimum absolute atomic E-state index is 0.0331. The normalized spacial score (nSPS) is 16.1. The van der Waals surface area contributed by atoms with E-state index in [1.165, 1.54) is 11.0 Å². The van der Waals surface area contributed by atoms with Crippen molar-refractivity contribution in [3.8, 4) is 23.0 Å². The summed E-state index contributed by atoms with van der Waals surface area (Å²) < 4.78 is 77.5. The highest BCUT2D eigenvalue weighted by molar-refractivity contribution is 5.95. The molecule has 1 aromatic carbocycles. The standard InChI is InChI=1S/C23H19F5N6O2/c1-30-17-6-5-12(8-15(17)24)20-32-18(22(35)33-7-3-4-13(29)11-33)19(23(26,27)28)34(20)14-9-16(25)21(36-2)31-10-14/h5-6,8-10,13H,3-4,7,11,29H2,2H3/t13-/m1/s1. The number of hydrogen-bond acceptors (Lipinski definition) is 5. The Labute approximate surface area is 201 Å². The lowest BCUT2D eigenvalue weighted by molar-refractivity contribution is -0.142. The Hall–Kier alpha value is -4.05. The van der Waals surface area contributed by atoms with Crippen molar-refractivity contribution in [1.29, 1.82) is 0 Å². The molecule has 0 saturated carbocycles. The molecule has 2 aromatic heterocycles. The van der Waals surface area contributed by atoms with Crippen LogP contribution in [-0.4, -0.2) is 51.6 Å². The van der Waals surface area contributed by atoms with Crippen molar-refractivity contribution in [2.45, 2.75) is 25.1 Å². The SMILES string of the molecule is [C-]#[N+]c1ccc(-c2nc(C(=O)N3CCC[C@@H](N)C3)c(C(F)(F)F)n2-c2cnc(OC)c(F)c2)cc1F. The molecule has 1 atom stereocenters. The Bertz CT molecular complexity index is 1360. The summed E-state index contributed by atoms with van der Waals surface area (Å²) in [5, 5.41) is 0. The molecule has 1 saturated heterocycles. The zero-order valence-corrected chi connectivity index (χ0v) is 18.8. The number of imidazole rings is 1. The number of halogens is 5. The summed E-state index contributed by atoms with van der Waals surface area (Å²) in [5.41, 5.74) is 2.52. The van der Waals surface area contributed by atoms with E-state index in [1.54, 1.807) is 0 Å². The number of pyridine rings is 1. The van der Waals surface area contributed by atoms with Crippen molar-refractivity contribution in [3.05, 3.63) is 64.9 Å². The second-order valence-corrected chi connectivity index (χ2v) is 8.08. The van der Waals surface area contributed by atoms with Crippen LogP contribution in [0.25, 0.3) is 21.9 Å². The minimum Gasteiger partial charge on any atom is -0.479 e. The summed E-state index contributed by atoms with van der Waals surface area (Å²) in [6.45, 7) is 7.21. The smallest absolute Gasteiger partial charge is 0.434 e. The molecule has 0 spiro atoms. The molecular weight excluding hydrogens is 487 g/mol. The number of carbonyl (C=O) groups excluding carboxylic acids is 1. The first kappa shape index (κ1) is 25.1. The third kappa shape index (κ3) is 4.59. The van der Waals surface area contributed by atoms with E-state index in [1.807, 2.05) is 0 Å². The highest BCUT2D eigenvalue weighted by Crippen LogP contribution is 2.39. The van der Waals surface area contributed by atoms with Crippen molar-refractivity contribution in [3.63, 3.8) is 0 Å². The number of aromatic nitrogens is 3. The highest BCUT2D eigenvalue weighted by atomic mass is 19.4. The molecule has 0 bridgehead atoms. The van der Waals surface area contributed by atoms with E-state index in [2.05, 4.69) is 14.8 Å². The van der Waals surface area contributed by atoms with Crippen LogP contribution in [0.15, 0.2) is 30.5 Å². The van der Waals surface area contributed by atoms with Gasteiger partial charge in [0, 0.05) is 30.8 Å². The topological polar surface area (TPSA) is 90.6 Å². The molecule has 0 unspecified atom stereocenters. The van der Waals surface area contributed by atoms with Gasteiger partial charge in [0.2, 0.25) is 11.6 Å². The van der Waals surface area contributed by atoms with Gasteiger partial charge in [0.05, 0.1) is 25.6 Å². The number of benzene rings is 1. The summed E-state index contributed by atoms with van der Waals surface area (Å²) in [5.74, 6) is -4.03. The summed E-state index contributed by atoms with van der Waals surface area (Å²) in [6, 6.07) is 3.41. The zero-order chi connectivity index (χ0) is 26.2. The predicted molar refractivity (Wildman–Crippen MR) is 118 cm³/mol. The highest BCUT2D eigenvalue weighted by Gasteiger charge is 2.44. The number of methoxy groups -OCH3 is 1. The number of piperidine rings is 1. The molecule has 1 aliphatic rings. The molecule has 13 heteroatoms. The molecule has 0 radical (unpaired) electrons. The number of nitrogens with zero attached hydrogens (tertiary/aromatic N) is 5. The van der Waals surface area contributed by atoms with E-state index in [0.717, 1.165) is 31.5 Å². The number of amides is 1. The lowest BCUT2D eigenvalue weighted by Crippen LogP contribution is -2.46. The molecule has 1 fully saturated rings. The Morgan fingerprint density at radius 2 is 2.00 bits per heavy atom. The van der Waals surface area contributed by atoms with Gasteiger partial charge >= 0.3 is 6.18 Å². The maximum atomic E-state index is 14.5. The largest absolute Gasteiger partial charge is 0.479 e. The Morgan fingerprint density at radius 3 is 2.58 bits per heavy atom. The fourth-order valence-electron chi connectivity index (χ4n) is 4.04. The van der Waals surface area contributed by atoms with Crippen LogP contribution < -0.4 is 10.5 Å². The van der Waals surface area contributed by atoms with Crippen LogP contribution in [0.2, 0.25) is 0 Å². The molecule has 2 N–H and O–H groups in total. The maximum absolute atomic E-state index is 14.5. The minimum atomic E-state index is -5.13. The van der Waals surface area contributed by atoms with Crippen molar-refractivity contribution in [2.24, 2.45) is 5.73 Å². The Balaban J connectivity index is 2.00. The first-order chi connectivity index (χ1) is 17.0. The van der Waals surface area contributed by atoms with Crippen LogP contribution >= 0.6 is 0 Å². The molecule has 188 valence electrons. The van der Waals surface area contributed by atoms with E-state index >= 15 is 0 Å². The molecule has 1 amide bonds. The van der Waals surface area contributed by atoms with Crippen molar-refractivity contribution >= 4 is 11.6 Å². The van der Waals surface area contributed by atoms with Gasteiger partial charge in [0.15, 0.2) is 17.2 Å². The first-order valence-electron chi connectivity index (χ1n) is 10.7. The third-order valence-electron chi connectivity index (χ3n) is 5.66. The van der Waals surface area contributed by atoms with Gasteiger partial charge in [-0.05, 0) is 18.9 Å². The van der Waals surface area contributed by atoms with Crippen molar-refractivity contribution in [2.75, 3.05) is 20.2 Å². The van der Waals surface area contributed by atoms with E-state index in [9.17, 15) is 26.7 Å². The third-order valence-corrected chi connectivity index (χ3v) is 5.66. The van der Waals surface area contributed by atoms with Gasteiger partial charge in [-0.2, -0.15) is 13.2 Å². The number of alkyl halides is 3. The molecule has 3 aromatic rings. The predicted octanol–water partition coefficient (Wildman–Crippen LogP) is 4.35. The van der Waals surface area contributed by atoms with Gasteiger partial charge in [-0.15, -0.1) is 0 Å². The quantitative estimate of drug-likeness (QED) is 0.420. The van der Waals surface area contributed by atoms with E-state index in [-0.39, 0.29) is 24.3 Å². The molecule has 1 aliphatic heterocycles. The van der Waals surface area contributed by atoms with Gasteiger partial charge in [-0.3, -0.25) is 9.36 Å². The summed E-state index contributed by atoms with van der Waals surface area (Å²) in [4.78, 5) is 25.1. The van der Waals surface area contributed by atoms with Crippen LogP contribution in [-0.2, 0) is 6.18 Å². The van der Waals surface area contributed by atoms with Crippen LogP contribution in [0.4, 0.5) is 27.6 Å². The van der Waals surface area contributed by atoms with Crippen molar-refractivity contribution in [1.82, 2.24) is 19.4 Å². The molecule has 8 nitrogen and oxygen atoms in total. The van der Waals surface area contributed by atoms with Gasteiger partial charge < -0.3 is 15.4 Å². The number of nitrogens with two attached hydrogens (primary N) is 1. The number of likely N-dealkylation sites (tertiary alicyclic amines) is 1. The average molecular weight is 506 g/mol. The first-order valence-corrected chi connectivity index (χ1v) is 10.7. The van der Waals surface area contributed by atoms with E-state index in [4.69, 9.17) is 17.0 Å². The number of hydrogen-bond donors (Lipinski definition) is 1. The number of carbonyl (C=O) groups is 1. The van der Waals surface area contributed by atoms with Gasteiger partial charge in [-0.25, -0.2) is 23.6 Å². The average Bonchev–Trinajstić information content (AvgIpc) is 3.25. The van der Waals surface area contributed by atoms with Crippen LogP contribution in [0, 0.1) is 18.2 Å². The lowest BCUT2D eigenvalue weighted by atomic mass is 10.1. The van der Waals surface area contributed by atoms with Crippen LogP contribution in [0.5, 0.6) is 5.88 Å². The zero-order valence-electron chi connectivity index (χ0n) is 18.8. The second kappa shape index (κ2) is 9.54. The van der Waals surface area contributed by atoms with Gasteiger partial charge in [0.1, 0.15) is 11.6 Å². The van der Waals surface area contributed by atoms with E-state index in [0.29, 0.717) is 17.4 Å². The molecule has 4 rings (SSSR count). The molecular formula is C23H19F5N6O2. The van der Waals surface area contributed by atoms with E-state index < -0.39 is 58.5 Å². The fourth-order valence-corrected chi connectivity index (χ4v) is 4.04. The van der Waals surface area contributed by atoms with Gasteiger partial charge in [-0.1, -0.05) is 12.1 Å². The Morgan fingerprint density at radius 1 is 1.25 bits per heavy atom. The summed E-state index contributed by atoms with van der Waals surface area (Å²) in [7, 11) is 1.14. The van der Waals surface area contributed by atoms with Crippen LogP contribution in [0.3, 0.4) is 0 Å². The van der Waals surface area contributed by atoms with Crippen LogP contribution in [0.1, 0.15) is 29.0 Å². The number of ether oxygens (including phenoxy) is 1. The maximum Gasteiger partial charge on any atom is 0.434 e. The monoisotopic (exact) mass is 506 g/mol. The molecule has 36 heavy (non-hydrogen) atoms. The fraction of sp³-hybridized carbons (Fsp3) is 0.304. The lowest BCUT2D eigenvalue weighted by Gasteiger charge is -2.30. The Kier molecular flexibility index (Phi) is 6.64. The molecule has 3 heterocycles. The van der Waals surface area contributed by atoms with Gasteiger partial charge in [0.25, 0.3) is 5.91 Å². The summed E-state index contributed by atoms with van der Waals surface area (Å²) >= 11 is 0. The molecule has 0 aliphatic carbocycles. The number of rotatable bonds is 4.